The molecule has 0 atom stereocenters. The first-order valence-corrected chi connectivity index (χ1v) is 4.07. The van der Waals surface area contributed by atoms with Crippen molar-refractivity contribution >= 4 is 6.01 Å². The Morgan fingerprint density at radius 3 is 2.92 bits per heavy atom. The lowest BCUT2D eigenvalue weighted by Gasteiger charge is -1.95. The van der Waals surface area contributed by atoms with Gasteiger partial charge in [0.2, 0.25) is 5.89 Å². The quantitative estimate of drug-likeness (QED) is 0.678. The highest BCUT2D eigenvalue weighted by Crippen LogP contribution is 2.04. The molecule has 1 heterocycles. The molecule has 1 rings (SSSR count). The molecule has 0 amide bonds. The predicted octanol–water partition coefficient (Wildman–Crippen LogP) is 0.611. The van der Waals surface area contributed by atoms with E-state index in [9.17, 15) is 0 Å². The van der Waals surface area contributed by atoms with Crippen molar-refractivity contribution in [2.75, 3.05) is 18.9 Å². The van der Waals surface area contributed by atoms with Crippen LogP contribution in [0, 0.1) is 0 Å². The molecular weight excluding hydrogens is 156 g/mol. The molecule has 5 heteroatoms. The van der Waals surface area contributed by atoms with Crippen LogP contribution in [-0.4, -0.2) is 23.8 Å². The molecule has 0 saturated heterocycles. The van der Waals surface area contributed by atoms with E-state index in [2.05, 4.69) is 27.8 Å². The van der Waals surface area contributed by atoms with Crippen LogP contribution in [0.1, 0.15) is 19.2 Å². The minimum atomic E-state index is 0.502. The Bertz CT molecular complexity index is 223. The van der Waals surface area contributed by atoms with Crippen molar-refractivity contribution in [3.8, 4) is 0 Å². The first-order chi connectivity index (χ1) is 5.86. The molecule has 1 aromatic heterocycles. The van der Waals surface area contributed by atoms with E-state index in [4.69, 9.17) is 4.42 Å². The van der Waals surface area contributed by atoms with Gasteiger partial charge in [0.05, 0.1) is 6.54 Å². The summed E-state index contributed by atoms with van der Waals surface area (Å²) >= 11 is 0. The minimum absolute atomic E-state index is 0.502. The van der Waals surface area contributed by atoms with Crippen molar-refractivity contribution in [2.24, 2.45) is 0 Å². The highest BCUT2D eigenvalue weighted by Gasteiger charge is 2.02. The molecule has 0 radical (unpaired) electrons. The number of hydrogen-bond acceptors (Lipinski definition) is 5. The fourth-order valence-corrected chi connectivity index (χ4v) is 0.780. The van der Waals surface area contributed by atoms with Gasteiger partial charge in [-0.1, -0.05) is 12.0 Å². The van der Waals surface area contributed by atoms with Gasteiger partial charge in [-0.05, 0) is 13.5 Å². The van der Waals surface area contributed by atoms with Gasteiger partial charge >= 0.3 is 6.01 Å². The van der Waals surface area contributed by atoms with E-state index in [-0.39, 0.29) is 0 Å². The zero-order valence-electron chi connectivity index (χ0n) is 7.42. The van der Waals surface area contributed by atoms with E-state index in [0.29, 0.717) is 18.5 Å². The lowest BCUT2D eigenvalue weighted by molar-refractivity contribution is 0.489. The van der Waals surface area contributed by atoms with E-state index in [1.54, 1.807) is 0 Å². The van der Waals surface area contributed by atoms with Gasteiger partial charge in [0, 0.05) is 6.54 Å². The molecule has 12 heavy (non-hydrogen) atoms. The first-order valence-electron chi connectivity index (χ1n) is 4.07. The lowest BCUT2D eigenvalue weighted by atomic mass is 10.5. The second-order valence-electron chi connectivity index (χ2n) is 2.46. The molecule has 0 unspecified atom stereocenters. The summed E-state index contributed by atoms with van der Waals surface area (Å²) in [5.74, 6) is 0.608. The summed E-state index contributed by atoms with van der Waals surface area (Å²) in [6.45, 7) is 3.56. The summed E-state index contributed by atoms with van der Waals surface area (Å²) in [7, 11) is 1.84. The van der Waals surface area contributed by atoms with Gasteiger partial charge in [0.25, 0.3) is 0 Å². The Hall–Kier alpha value is -1.10. The molecule has 68 valence electrons. The minimum Gasteiger partial charge on any atom is -0.407 e. The molecule has 0 spiro atoms. The average Bonchev–Trinajstić information content (AvgIpc) is 2.50. The molecule has 2 N–H and O–H groups in total. The number of nitrogens with one attached hydrogen (secondary N) is 2. The molecule has 0 aliphatic heterocycles. The lowest BCUT2D eigenvalue weighted by Crippen LogP contribution is -2.04. The summed E-state index contributed by atoms with van der Waals surface area (Å²) in [4.78, 5) is 0. The average molecular weight is 170 g/mol. The number of rotatable bonds is 5. The Labute approximate surface area is 71.6 Å². The summed E-state index contributed by atoms with van der Waals surface area (Å²) < 4.78 is 5.23. The molecule has 0 fully saturated rings. The second-order valence-corrected chi connectivity index (χ2v) is 2.46. The Morgan fingerprint density at radius 2 is 2.25 bits per heavy atom. The van der Waals surface area contributed by atoms with Gasteiger partial charge < -0.3 is 15.1 Å². The van der Waals surface area contributed by atoms with E-state index in [1.807, 2.05) is 7.05 Å². The van der Waals surface area contributed by atoms with Crippen LogP contribution in [0.4, 0.5) is 6.01 Å². The van der Waals surface area contributed by atoms with Gasteiger partial charge in [-0.2, -0.15) is 0 Å². The van der Waals surface area contributed by atoms with Crippen LogP contribution in [0.25, 0.3) is 0 Å². The van der Waals surface area contributed by atoms with Crippen molar-refractivity contribution < 1.29 is 4.42 Å². The fourth-order valence-electron chi connectivity index (χ4n) is 0.780. The van der Waals surface area contributed by atoms with Crippen LogP contribution in [0.2, 0.25) is 0 Å². The Kier molecular flexibility index (Phi) is 3.53. The van der Waals surface area contributed by atoms with E-state index >= 15 is 0 Å². The second kappa shape index (κ2) is 4.71. The van der Waals surface area contributed by atoms with Crippen molar-refractivity contribution in [3.05, 3.63) is 5.89 Å². The molecule has 0 saturated carbocycles. The third-order valence-electron chi connectivity index (χ3n) is 1.32. The van der Waals surface area contributed by atoms with E-state index in [0.717, 1.165) is 13.0 Å². The van der Waals surface area contributed by atoms with Crippen LogP contribution in [0.5, 0.6) is 0 Å². The maximum absolute atomic E-state index is 5.23. The summed E-state index contributed by atoms with van der Waals surface area (Å²) in [5.41, 5.74) is 0. The first kappa shape index (κ1) is 8.99. The van der Waals surface area contributed by atoms with Gasteiger partial charge in [-0.15, -0.1) is 5.10 Å². The maximum Gasteiger partial charge on any atom is 0.315 e. The Balaban J connectivity index is 2.41. The standard InChI is InChI=1S/C7H14N4O/c1-3-4-9-7-11-10-6(12-7)5-8-2/h8H,3-5H2,1-2H3,(H,9,11). The van der Waals surface area contributed by atoms with Gasteiger partial charge in [0.1, 0.15) is 0 Å². The molecule has 0 bridgehead atoms. The maximum atomic E-state index is 5.23. The Morgan fingerprint density at radius 1 is 1.42 bits per heavy atom. The summed E-state index contributed by atoms with van der Waals surface area (Å²) in [6, 6.07) is 0.502. The van der Waals surface area contributed by atoms with Crippen LogP contribution < -0.4 is 10.6 Å². The van der Waals surface area contributed by atoms with Crippen molar-refractivity contribution in [1.82, 2.24) is 15.5 Å². The SMILES string of the molecule is CCCNc1nnc(CNC)o1. The van der Waals surface area contributed by atoms with Crippen LogP contribution in [0.15, 0.2) is 4.42 Å². The molecule has 0 aromatic carbocycles. The summed E-state index contributed by atoms with van der Waals surface area (Å²) in [5, 5.41) is 13.6. The third kappa shape index (κ3) is 2.50. The number of anilines is 1. The zero-order chi connectivity index (χ0) is 8.81. The summed E-state index contributed by atoms with van der Waals surface area (Å²) in [6.07, 6.45) is 1.05. The molecule has 1 aromatic rings. The monoisotopic (exact) mass is 170 g/mol. The number of aromatic nitrogens is 2. The smallest absolute Gasteiger partial charge is 0.315 e. The van der Waals surface area contributed by atoms with Crippen molar-refractivity contribution in [2.45, 2.75) is 19.9 Å². The van der Waals surface area contributed by atoms with Gasteiger partial charge in [0.15, 0.2) is 0 Å². The molecular formula is C7H14N4O. The number of hydrogen-bond donors (Lipinski definition) is 2. The van der Waals surface area contributed by atoms with E-state index < -0.39 is 0 Å². The molecule has 0 aliphatic carbocycles. The molecule has 5 nitrogen and oxygen atoms in total. The van der Waals surface area contributed by atoms with Crippen molar-refractivity contribution in [1.29, 1.82) is 0 Å². The van der Waals surface area contributed by atoms with E-state index in [1.165, 1.54) is 0 Å². The van der Waals surface area contributed by atoms with Gasteiger partial charge in [-0.25, -0.2) is 0 Å². The van der Waals surface area contributed by atoms with Gasteiger partial charge in [-0.3, -0.25) is 0 Å². The van der Waals surface area contributed by atoms with Crippen LogP contribution >= 0.6 is 0 Å². The highest BCUT2D eigenvalue weighted by atomic mass is 16.4. The molecule has 0 aliphatic rings. The van der Waals surface area contributed by atoms with Crippen molar-refractivity contribution in [3.63, 3.8) is 0 Å². The zero-order valence-corrected chi connectivity index (χ0v) is 7.42. The normalized spacial score (nSPS) is 10.2. The highest BCUT2D eigenvalue weighted by molar-refractivity contribution is 5.16. The fraction of sp³-hybridized carbons (Fsp3) is 0.714. The third-order valence-corrected chi connectivity index (χ3v) is 1.32. The number of nitrogens with zero attached hydrogens (tertiary/aromatic N) is 2. The topological polar surface area (TPSA) is 63.0 Å². The van der Waals surface area contributed by atoms with Crippen LogP contribution in [-0.2, 0) is 6.54 Å². The van der Waals surface area contributed by atoms with Crippen LogP contribution in [0.3, 0.4) is 0 Å². The largest absolute Gasteiger partial charge is 0.407 e. The predicted molar refractivity (Wildman–Crippen MR) is 45.8 cm³/mol.